The second kappa shape index (κ2) is 6.13. The third-order valence-electron chi connectivity index (χ3n) is 3.48. The molecule has 1 atom stereocenters. The second-order valence-electron chi connectivity index (χ2n) is 6.01. The molecular formula is C14H22N2O4S. The Morgan fingerprint density at radius 2 is 1.76 bits per heavy atom. The molecule has 0 aromatic heterocycles. The molecule has 0 fully saturated rings. The summed E-state index contributed by atoms with van der Waals surface area (Å²) in [4.78, 5) is 11.6. The number of carboxylic acids is 1. The molecule has 0 aliphatic rings. The zero-order valence-electron chi connectivity index (χ0n) is 12.5. The summed E-state index contributed by atoms with van der Waals surface area (Å²) in [5.74, 6) is -1.58. The maximum absolute atomic E-state index is 12.3. The Kier molecular flexibility index (Phi) is 5.14. The van der Waals surface area contributed by atoms with Crippen LogP contribution in [0.15, 0.2) is 30.3 Å². The molecule has 0 saturated carbocycles. The van der Waals surface area contributed by atoms with Crippen molar-refractivity contribution in [2.45, 2.75) is 32.1 Å². The molecule has 0 bridgehead atoms. The Morgan fingerprint density at radius 3 is 2.14 bits per heavy atom. The fourth-order valence-electron chi connectivity index (χ4n) is 2.05. The number of nitrogens with two attached hydrogens (primary N) is 1. The first-order valence-electron chi connectivity index (χ1n) is 6.53. The van der Waals surface area contributed by atoms with Crippen molar-refractivity contribution in [2.75, 3.05) is 6.54 Å². The van der Waals surface area contributed by atoms with E-state index < -0.39 is 26.9 Å². The number of benzene rings is 1. The summed E-state index contributed by atoms with van der Waals surface area (Å²) in [5.41, 5.74) is 3.54. The minimum absolute atomic E-state index is 0.293. The van der Waals surface area contributed by atoms with Gasteiger partial charge in [0.2, 0.25) is 10.0 Å². The maximum atomic E-state index is 12.3. The molecule has 0 heterocycles. The van der Waals surface area contributed by atoms with E-state index in [1.54, 1.807) is 51.1 Å². The summed E-state index contributed by atoms with van der Waals surface area (Å²) in [7, 11) is -3.84. The van der Waals surface area contributed by atoms with Crippen LogP contribution in [0.5, 0.6) is 0 Å². The Bertz CT molecular complexity index is 593. The second-order valence-corrected chi connectivity index (χ2v) is 7.73. The van der Waals surface area contributed by atoms with E-state index in [2.05, 4.69) is 4.72 Å². The average molecular weight is 314 g/mol. The Hall–Kier alpha value is -1.44. The van der Waals surface area contributed by atoms with E-state index in [4.69, 9.17) is 5.73 Å². The molecule has 7 heteroatoms. The van der Waals surface area contributed by atoms with Crippen LogP contribution in [0.25, 0.3) is 0 Å². The largest absolute Gasteiger partial charge is 0.480 e. The predicted molar refractivity (Wildman–Crippen MR) is 81.1 cm³/mol. The van der Waals surface area contributed by atoms with E-state index in [1.165, 1.54) is 0 Å². The van der Waals surface area contributed by atoms with Crippen molar-refractivity contribution in [3.05, 3.63) is 35.9 Å². The number of aliphatic carboxylic acids is 1. The molecule has 0 amide bonds. The molecule has 0 aliphatic heterocycles. The first kappa shape index (κ1) is 17.6. The molecule has 0 unspecified atom stereocenters. The average Bonchev–Trinajstić information content (AvgIpc) is 2.34. The lowest BCUT2D eigenvalue weighted by Gasteiger charge is -2.40. The SMILES string of the molecule is CC(C)(C)[C@@](CN)(NS(=O)(=O)Cc1ccccc1)C(=O)O. The molecule has 1 rings (SSSR count). The predicted octanol–water partition coefficient (Wildman–Crippen LogP) is 0.934. The van der Waals surface area contributed by atoms with Crippen molar-refractivity contribution in [3.63, 3.8) is 0 Å². The van der Waals surface area contributed by atoms with E-state index in [0.717, 1.165) is 0 Å². The topological polar surface area (TPSA) is 109 Å². The Labute approximate surface area is 125 Å². The first-order chi connectivity index (χ1) is 9.54. The Balaban J connectivity index is 3.11. The minimum Gasteiger partial charge on any atom is -0.480 e. The number of hydrogen-bond donors (Lipinski definition) is 3. The van der Waals surface area contributed by atoms with Gasteiger partial charge in [0.25, 0.3) is 0 Å². The zero-order valence-corrected chi connectivity index (χ0v) is 13.3. The van der Waals surface area contributed by atoms with E-state index in [1.807, 2.05) is 0 Å². The minimum atomic E-state index is -3.84. The van der Waals surface area contributed by atoms with Crippen LogP contribution in [0.4, 0.5) is 0 Å². The van der Waals surface area contributed by atoms with Gasteiger partial charge in [-0.1, -0.05) is 51.1 Å². The lowest BCUT2D eigenvalue weighted by Crippen LogP contribution is -2.66. The van der Waals surface area contributed by atoms with Gasteiger partial charge >= 0.3 is 5.97 Å². The lowest BCUT2D eigenvalue weighted by atomic mass is 9.74. The standard InChI is InChI=1S/C14H22N2O4S/c1-13(2,3)14(10-15,12(17)18)16-21(19,20)9-11-7-5-4-6-8-11/h4-8,16H,9-10,15H2,1-3H3,(H,17,18)/t14-/m0/s1. The van der Waals surface area contributed by atoms with E-state index in [0.29, 0.717) is 5.56 Å². The summed E-state index contributed by atoms with van der Waals surface area (Å²) in [6.45, 7) is 4.58. The molecule has 6 nitrogen and oxygen atoms in total. The van der Waals surface area contributed by atoms with Gasteiger partial charge in [-0.2, -0.15) is 4.72 Å². The van der Waals surface area contributed by atoms with E-state index >= 15 is 0 Å². The van der Waals surface area contributed by atoms with Crippen LogP contribution in [0.1, 0.15) is 26.3 Å². The van der Waals surface area contributed by atoms with Crippen molar-refractivity contribution in [1.82, 2.24) is 4.72 Å². The van der Waals surface area contributed by atoms with Crippen molar-refractivity contribution >= 4 is 16.0 Å². The molecule has 118 valence electrons. The summed E-state index contributed by atoms with van der Waals surface area (Å²) in [6, 6.07) is 8.56. The van der Waals surface area contributed by atoms with E-state index in [9.17, 15) is 18.3 Å². The number of rotatable bonds is 6. The third-order valence-corrected chi connectivity index (χ3v) is 4.85. The number of hydrogen-bond acceptors (Lipinski definition) is 4. The lowest BCUT2D eigenvalue weighted by molar-refractivity contribution is -0.148. The van der Waals surface area contributed by atoms with Gasteiger partial charge in [0, 0.05) is 6.54 Å². The van der Waals surface area contributed by atoms with Gasteiger partial charge in [-0.05, 0) is 11.0 Å². The third kappa shape index (κ3) is 4.03. The van der Waals surface area contributed by atoms with Crippen molar-refractivity contribution in [2.24, 2.45) is 11.1 Å². The summed E-state index contributed by atoms with van der Waals surface area (Å²) in [5, 5.41) is 9.48. The molecular weight excluding hydrogens is 292 g/mol. The fraction of sp³-hybridized carbons (Fsp3) is 0.500. The van der Waals surface area contributed by atoms with Crippen LogP contribution in [-0.2, 0) is 20.6 Å². The molecule has 1 aromatic carbocycles. The summed E-state index contributed by atoms with van der Waals surface area (Å²) < 4.78 is 26.9. The maximum Gasteiger partial charge on any atom is 0.326 e. The molecule has 21 heavy (non-hydrogen) atoms. The normalized spacial score (nSPS) is 15.4. The van der Waals surface area contributed by atoms with Crippen LogP contribution in [0.2, 0.25) is 0 Å². The highest BCUT2D eigenvalue weighted by Gasteiger charge is 2.50. The van der Waals surface area contributed by atoms with E-state index in [-0.39, 0.29) is 12.3 Å². The van der Waals surface area contributed by atoms with Crippen LogP contribution in [0.3, 0.4) is 0 Å². The molecule has 0 saturated heterocycles. The number of sulfonamides is 1. The fourth-order valence-corrected chi connectivity index (χ4v) is 3.76. The van der Waals surface area contributed by atoms with Gasteiger partial charge in [0.05, 0.1) is 5.75 Å². The van der Waals surface area contributed by atoms with Gasteiger partial charge in [-0.3, -0.25) is 4.79 Å². The smallest absolute Gasteiger partial charge is 0.326 e. The molecule has 4 N–H and O–H groups in total. The highest BCUT2D eigenvalue weighted by atomic mass is 32.2. The number of carbonyl (C=O) groups is 1. The summed E-state index contributed by atoms with van der Waals surface area (Å²) >= 11 is 0. The Morgan fingerprint density at radius 1 is 1.24 bits per heavy atom. The van der Waals surface area contributed by atoms with Gasteiger partial charge in [0.15, 0.2) is 0 Å². The van der Waals surface area contributed by atoms with Gasteiger partial charge in [-0.25, -0.2) is 8.42 Å². The van der Waals surface area contributed by atoms with Crippen molar-refractivity contribution in [1.29, 1.82) is 0 Å². The first-order valence-corrected chi connectivity index (χ1v) is 8.18. The monoisotopic (exact) mass is 314 g/mol. The molecule has 0 radical (unpaired) electrons. The zero-order chi connectivity index (χ0) is 16.3. The molecule has 1 aromatic rings. The highest BCUT2D eigenvalue weighted by molar-refractivity contribution is 7.88. The van der Waals surface area contributed by atoms with Crippen molar-refractivity contribution in [3.8, 4) is 0 Å². The van der Waals surface area contributed by atoms with Crippen LogP contribution < -0.4 is 10.5 Å². The van der Waals surface area contributed by atoms with Crippen molar-refractivity contribution < 1.29 is 18.3 Å². The summed E-state index contributed by atoms with van der Waals surface area (Å²) in [6.07, 6.45) is 0. The molecule has 0 spiro atoms. The van der Waals surface area contributed by atoms with Gasteiger partial charge in [0.1, 0.15) is 5.54 Å². The van der Waals surface area contributed by atoms with Gasteiger partial charge in [-0.15, -0.1) is 0 Å². The van der Waals surface area contributed by atoms with Crippen LogP contribution in [0, 0.1) is 5.41 Å². The van der Waals surface area contributed by atoms with Crippen LogP contribution >= 0.6 is 0 Å². The molecule has 0 aliphatic carbocycles. The van der Waals surface area contributed by atoms with Gasteiger partial charge < -0.3 is 10.8 Å². The number of nitrogens with one attached hydrogen (secondary N) is 1. The quantitative estimate of drug-likeness (QED) is 0.724. The van der Waals surface area contributed by atoms with Crippen LogP contribution in [-0.4, -0.2) is 31.6 Å². The highest BCUT2D eigenvalue weighted by Crippen LogP contribution is 2.31. The number of carboxylic acid groups (broad SMARTS) is 1.